The number of carbonyl (C=O) groups excluding carboxylic acids is 3. The molecule has 0 atom stereocenters. The number of benzene rings is 1. The topological polar surface area (TPSA) is 95.1 Å². The van der Waals surface area contributed by atoms with E-state index in [1.807, 2.05) is 49.3 Å². The van der Waals surface area contributed by atoms with Gasteiger partial charge in [-0.3, -0.25) is 4.79 Å². The largest absolute Gasteiger partial charge is 0.451 e. The predicted molar refractivity (Wildman–Crippen MR) is 126 cm³/mol. The van der Waals surface area contributed by atoms with Gasteiger partial charge in [-0.25, -0.2) is 14.6 Å². The Balaban J connectivity index is 1.24. The number of ether oxygens (including phenoxy) is 1. The Labute approximate surface area is 193 Å². The van der Waals surface area contributed by atoms with Crippen molar-refractivity contribution in [1.29, 1.82) is 0 Å². The number of nitrogens with one attached hydrogen (secondary N) is 1. The molecular weight excluding hydrogens is 450 g/mol. The highest BCUT2D eigenvalue weighted by Crippen LogP contribution is 2.34. The summed E-state index contributed by atoms with van der Waals surface area (Å²) in [4.78, 5) is 48.0. The van der Waals surface area contributed by atoms with Gasteiger partial charge in [0, 0.05) is 46.0 Å². The molecule has 3 amide bonds. The van der Waals surface area contributed by atoms with Crippen LogP contribution in [-0.2, 0) is 9.53 Å². The molecule has 3 aromatic rings. The third-order valence-electron chi connectivity index (χ3n) is 4.93. The number of thiazole rings is 1. The number of esters is 1. The first kappa shape index (κ1) is 22.0. The molecule has 1 saturated heterocycles. The molecule has 168 valence electrons. The van der Waals surface area contributed by atoms with E-state index in [1.54, 1.807) is 15.9 Å². The second-order valence-corrected chi connectivity index (χ2v) is 9.45. The lowest BCUT2D eigenvalue weighted by Crippen LogP contribution is -2.52. The standard InChI is InChI=1S/C21H23N5O4S2/c1-24(2)21-23-18-15(32-21)12-16(31-18)19(28)30-13-17(27)25-8-10-26(11-9-25)20(29)22-14-6-4-3-5-7-14/h3-7,12H,8-11,13H2,1-2H3,(H,22,29). The maximum absolute atomic E-state index is 12.5. The molecule has 0 aliphatic carbocycles. The summed E-state index contributed by atoms with van der Waals surface area (Å²) in [7, 11) is 3.83. The van der Waals surface area contributed by atoms with Crippen LogP contribution in [0.2, 0.25) is 0 Å². The molecule has 1 aromatic carbocycles. The Morgan fingerprint density at radius 3 is 2.41 bits per heavy atom. The normalized spacial score (nSPS) is 13.8. The Bertz CT molecular complexity index is 1090. The minimum absolute atomic E-state index is 0.196. The van der Waals surface area contributed by atoms with Crippen LogP contribution >= 0.6 is 22.7 Å². The van der Waals surface area contributed by atoms with Crippen molar-refractivity contribution < 1.29 is 19.1 Å². The van der Waals surface area contributed by atoms with E-state index in [0.717, 1.165) is 20.3 Å². The monoisotopic (exact) mass is 473 g/mol. The predicted octanol–water partition coefficient (Wildman–Crippen LogP) is 2.96. The molecule has 3 heterocycles. The lowest BCUT2D eigenvalue weighted by Gasteiger charge is -2.34. The smallest absolute Gasteiger partial charge is 0.348 e. The van der Waals surface area contributed by atoms with Gasteiger partial charge >= 0.3 is 12.0 Å². The number of amides is 3. The zero-order chi connectivity index (χ0) is 22.7. The number of aromatic nitrogens is 1. The molecule has 0 saturated carbocycles. The molecule has 0 unspecified atom stereocenters. The average Bonchev–Trinajstić information content (AvgIpc) is 3.38. The number of nitrogens with zero attached hydrogens (tertiary/aromatic N) is 4. The van der Waals surface area contributed by atoms with Crippen molar-refractivity contribution in [3.05, 3.63) is 41.3 Å². The summed E-state index contributed by atoms with van der Waals surface area (Å²) in [5.74, 6) is -0.798. The minimum Gasteiger partial charge on any atom is -0.451 e. The maximum atomic E-state index is 12.5. The van der Waals surface area contributed by atoms with Crippen LogP contribution in [0.3, 0.4) is 0 Å². The first-order valence-electron chi connectivity index (χ1n) is 10.0. The Morgan fingerprint density at radius 2 is 1.75 bits per heavy atom. The van der Waals surface area contributed by atoms with E-state index in [1.165, 1.54) is 22.7 Å². The van der Waals surface area contributed by atoms with Gasteiger partial charge in [0.05, 0.1) is 4.70 Å². The molecule has 11 heteroatoms. The van der Waals surface area contributed by atoms with Crippen LogP contribution in [0.1, 0.15) is 9.67 Å². The van der Waals surface area contributed by atoms with Crippen LogP contribution in [0, 0.1) is 0 Å². The van der Waals surface area contributed by atoms with Crippen molar-refractivity contribution in [2.45, 2.75) is 0 Å². The second kappa shape index (κ2) is 9.53. The zero-order valence-corrected chi connectivity index (χ0v) is 19.4. The third kappa shape index (κ3) is 5.00. The SMILES string of the molecule is CN(C)c1nc2sc(C(=O)OCC(=O)N3CCN(C(=O)Nc4ccccc4)CC3)cc2s1. The average molecular weight is 474 g/mol. The number of anilines is 2. The van der Waals surface area contributed by atoms with Crippen molar-refractivity contribution in [2.75, 3.05) is 57.1 Å². The van der Waals surface area contributed by atoms with Crippen LogP contribution in [0.15, 0.2) is 36.4 Å². The zero-order valence-electron chi connectivity index (χ0n) is 17.7. The van der Waals surface area contributed by atoms with E-state index in [2.05, 4.69) is 10.3 Å². The number of carbonyl (C=O) groups is 3. The van der Waals surface area contributed by atoms with Gasteiger partial charge in [0.2, 0.25) is 0 Å². The molecule has 1 aliphatic heterocycles. The van der Waals surface area contributed by atoms with Crippen LogP contribution in [0.4, 0.5) is 15.6 Å². The van der Waals surface area contributed by atoms with E-state index in [4.69, 9.17) is 4.74 Å². The summed E-state index contributed by atoms with van der Waals surface area (Å²) in [5, 5.41) is 3.71. The molecule has 0 bridgehead atoms. The molecular formula is C21H23N5O4S2. The molecule has 32 heavy (non-hydrogen) atoms. The lowest BCUT2D eigenvalue weighted by molar-refractivity contribution is -0.135. The highest BCUT2D eigenvalue weighted by atomic mass is 32.1. The summed E-state index contributed by atoms with van der Waals surface area (Å²) in [6, 6.07) is 10.8. The molecule has 9 nitrogen and oxygen atoms in total. The number of fused-ring (bicyclic) bond motifs is 1. The van der Waals surface area contributed by atoms with E-state index in [0.29, 0.717) is 31.1 Å². The molecule has 4 rings (SSSR count). The van der Waals surface area contributed by atoms with Gasteiger partial charge in [-0.2, -0.15) is 0 Å². The van der Waals surface area contributed by atoms with Crippen molar-refractivity contribution in [3.63, 3.8) is 0 Å². The molecule has 1 fully saturated rings. The first-order valence-corrected chi connectivity index (χ1v) is 11.7. The molecule has 2 aromatic heterocycles. The molecule has 0 spiro atoms. The highest BCUT2D eigenvalue weighted by molar-refractivity contribution is 7.29. The molecule has 1 N–H and O–H groups in total. The fourth-order valence-corrected chi connectivity index (χ4v) is 5.22. The second-order valence-electron chi connectivity index (χ2n) is 7.41. The Hall–Kier alpha value is -3.18. The summed E-state index contributed by atoms with van der Waals surface area (Å²) in [6.07, 6.45) is 0. The summed E-state index contributed by atoms with van der Waals surface area (Å²) < 4.78 is 6.15. The maximum Gasteiger partial charge on any atom is 0.348 e. The fourth-order valence-electron chi connectivity index (χ4n) is 3.19. The quantitative estimate of drug-likeness (QED) is 0.573. The van der Waals surface area contributed by atoms with Gasteiger partial charge in [0.25, 0.3) is 5.91 Å². The Morgan fingerprint density at radius 1 is 1.06 bits per heavy atom. The van der Waals surface area contributed by atoms with Crippen LogP contribution in [0.25, 0.3) is 9.53 Å². The number of rotatable bonds is 5. The van der Waals surface area contributed by atoms with E-state index < -0.39 is 5.97 Å². The van der Waals surface area contributed by atoms with E-state index in [-0.39, 0.29) is 18.5 Å². The molecule has 1 aliphatic rings. The van der Waals surface area contributed by atoms with Crippen molar-refractivity contribution in [3.8, 4) is 0 Å². The van der Waals surface area contributed by atoms with Crippen molar-refractivity contribution in [1.82, 2.24) is 14.8 Å². The Kier molecular flexibility index (Phi) is 6.56. The van der Waals surface area contributed by atoms with Gasteiger partial charge in [0.15, 0.2) is 11.7 Å². The van der Waals surface area contributed by atoms with Gasteiger partial charge in [-0.05, 0) is 18.2 Å². The van der Waals surface area contributed by atoms with Crippen LogP contribution < -0.4 is 10.2 Å². The van der Waals surface area contributed by atoms with Gasteiger partial charge < -0.3 is 24.8 Å². The fraction of sp³-hybridized carbons (Fsp3) is 0.333. The summed E-state index contributed by atoms with van der Waals surface area (Å²) in [5.41, 5.74) is 0.726. The van der Waals surface area contributed by atoms with E-state index in [9.17, 15) is 14.4 Å². The summed E-state index contributed by atoms with van der Waals surface area (Å²) in [6.45, 7) is 1.30. The minimum atomic E-state index is -0.527. The van der Waals surface area contributed by atoms with Gasteiger partial charge in [-0.1, -0.05) is 29.5 Å². The van der Waals surface area contributed by atoms with Crippen molar-refractivity contribution in [2.24, 2.45) is 0 Å². The van der Waals surface area contributed by atoms with Crippen LogP contribution in [-0.4, -0.2) is 79.6 Å². The first-order chi connectivity index (χ1) is 15.4. The number of urea groups is 1. The lowest BCUT2D eigenvalue weighted by atomic mass is 10.3. The number of hydrogen-bond donors (Lipinski definition) is 1. The number of thiophene rings is 1. The van der Waals surface area contributed by atoms with Crippen LogP contribution in [0.5, 0.6) is 0 Å². The third-order valence-corrected chi connectivity index (χ3v) is 7.24. The number of piperazine rings is 1. The number of para-hydroxylation sites is 1. The highest BCUT2D eigenvalue weighted by Gasteiger charge is 2.25. The van der Waals surface area contributed by atoms with Crippen molar-refractivity contribution >= 4 is 60.9 Å². The van der Waals surface area contributed by atoms with Gasteiger partial charge in [0.1, 0.15) is 9.71 Å². The van der Waals surface area contributed by atoms with Gasteiger partial charge in [-0.15, -0.1) is 11.3 Å². The summed E-state index contributed by atoms with van der Waals surface area (Å²) >= 11 is 2.76. The van der Waals surface area contributed by atoms with E-state index >= 15 is 0 Å². The number of hydrogen-bond acceptors (Lipinski definition) is 8. The molecule has 0 radical (unpaired) electrons.